The minimum Gasteiger partial charge on any atom is -0.463 e. The number of sulfonamides is 1. The third-order valence-corrected chi connectivity index (χ3v) is 6.94. The van der Waals surface area contributed by atoms with Crippen LogP contribution in [0.1, 0.15) is 32.3 Å². The number of benzene rings is 1. The molecule has 1 aromatic carbocycles. The second-order valence-corrected chi connectivity index (χ2v) is 9.64. The Morgan fingerprint density at radius 2 is 2.06 bits per heavy atom. The van der Waals surface area contributed by atoms with Crippen LogP contribution in [-0.2, 0) is 25.3 Å². The average Bonchev–Trinajstić information content (AvgIpc) is 3.55. The molecule has 1 N–H and O–H groups in total. The van der Waals surface area contributed by atoms with Crippen molar-refractivity contribution in [2.45, 2.75) is 49.0 Å². The summed E-state index contributed by atoms with van der Waals surface area (Å²) in [6.07, 6.45) is 0.120. The van der Waals surface area contributed by atoms with Gasteiger partial charge in [0.15, 0.2) is 22.9 Å². The number of thioether (sulfide) groups is 1. The predicted octanol–water partition coefficient (Wildman–Crippen LogP) is 3.28. The van der Waals surface area contributed by atoms with Crippen LogP contribution < -0.4 is 9.46 Å². The van der Waals surface area contributed by atoms with Gasteiger partial charge in [-0.05, 0) is 32.8 Å². The van der Waals surface area contributed by atoms with Gasteiger partial charge in [-0.3, -0.25) is 4.72 Å². The van der Waals surface area contributed by atoms with E-state index in [0.29, 0.717) is 12.8 Å². The van der Waals surface area contributed by atoms with Gasteiger partial charge in [0, 0.05) is 17.4 Å². The van der Waals surface area contributed by atoms with E-state index in [2.05, 4.69) is 14.7 Å². The fourth-order valence-corrected chi connectivity index (χ4v) is 4.62. The van der Waals surface area contributed by atoms with E-state index in [9.17, 15) is 22.0 Å². The van der Waals surface area contributed by atoms with Crippen LogP contribution >= 0.6 is 11.8 Å². The summed E-state index contributed by atoms with van der Waals surface area (Å²) in [5, 5.41) is -0.423. The van der Waals surface area contributed by atoms with Crippen molar-refractivity contribution in [2.24, 2.45) is 0 Å². The Bertz CT molecular complexity index is 1060. The van der Waals surface area contributed by atoms with Crippen molar-refractivity contribution in [2.75, 3.05) is 11.3 Å². The van der Waals surface area contributed by atoms with Gasteiger partial charge < -0.3 is 9.47 Å². The van der Waals surface area contributed by atoms with Crippen molar-refractivity contribution in [3.63, 3.8) is 0 Å². The lowest BCUT2D eigenvalue weighted by Gasteiger charge is -2.14. The second-order valence-electron chi connectivity index (χ2n) is 6.73. The smallest absolute Gasteiger partial charge is 0.347 e. The first-order valence-corrected chi connectivity index (χ1v) is 12.0. The molecule has 0 unspecified atom stereocenters. The van der Waals surface area contributed by atoms with E-state index < -0.39 is 39.0 Å². The highest BCUT2D eigenvalue weighted by molar-refractivity contribution is 7.98. The predicted molar refractivity (Wildman–Crippen MR) is 110 cm³/mol. The average molecular weight is 474 g/mol. The molecule has 0 spiro atoms. The van der Waals surface area contributed by atoms with Crippen molar-refractivity contribution in [3.8, 4) is 5.88 Å². The van der Waals surface area contributed by atoms with Crippen LogP contribution in [0.25, 0.3) is 0 Å². The first-order valence-electron chi connectivity index (χ1n) is 9.49. The molecule has 31 heavy (non-hydrogen) atoms. The zero-order chi connectivity index (χ0) is 22.6. The summed E-state index contributed by atoms with van der Waals surface area (Å²) in [6.45, 7) is 3.28. The molecule has 0 radical (unpaired) electrons. The second kappa shape index (κ2) is 9.77. The SMILES string of the molecule is CCOC(=O)[C@@H](C)Oc1cc(NS(=O)(=O)C2CC2)nc(SCc2cccc(F)c2F)n1. The Morgan fingerprint density at radius 1 is 1.32 bits per heavy atom. The highest BCUT2D eigenvalue weighted by Crippen LogP contribution is 2.31. The molecule has 1 heterocycles. The lowest BCUT2D eigenvalue weighted by Crippen LogP contribution is -2.26. The van der Waals surface area contributed by atoms with Gasteiger partial charge in [0.05, 0.1) is 11.9 Å². The number of carbonyl (C=O) groups excluding carboxylic acids is 1. The summed E-state index contributed by atoms with van der Waals surface area (Å²) < 4.78 is 64.7. The first kappa shape index (κ1) is 23.2. The van der Waals surface area contributed by atoms with E-state index in [1.165, 1.54) is 25.1 Å². The third kappa shape index (κ3) is 6.26. The fraction of sp³-hybridized carbons (Fsp3) is 0.421. The number of nitrogens with one attached hydrogen (secondary N) is 1. The highest BCUT2D eigenvalue weighted by Gasteiger charge is 2.36. The molecule has 1 aliphatic rings. The molecule has 1 fully saturated rings. The van der Waals surface area contributed by atoms with Crippen LogP contribution in [0.5, 0.6) is 5.88 Å². The zero-order valence-corrected chi connectivity index (χ0v) is 18.4. The van der Waals surface area contributed by atoms with E-state index in [1.54, 1.807) is 6.92 Å². The molecule has 8 nitrogen and oxygen atoms in total. The molecule has 168 valence electrons. The zero-order valence-electron chi connectivity index (χ0n) is 16.8. The van der Waals surface area contributed by atoms with Crippen molar-refractivity contribution >= 4 is 33.6 Å². The van der Waals surface area contributed by atoms with Gasteiger partial charge in [0.1, 0.15) is 5.82 Å². The van der Waals surface area contributed by atoms with Crippen molar-refractivity contribution in [1.29, 1.82) is 0 Å². The van der Waals surface area contributed by atoms with Crippen LogP contribution in [-0.4, -0.2) is 42.3 Å². The van der Waals surface area contributed by atoms with Crippen LogP contribution in [0, 0.1) is 11.6 Å². The van der Waals surface area contributed by atoms with E-state index >= 15 is 0 Å². The van der Waals surface area contributed by atoms with Gasteiger partial charge in [0.2, 0.25) is 15.9 Å². The molecular formula is C19H21F2N3O5S2. The lowest BCUT2D eigenvalue weighted by molar-refractivity contribution is -0.150. The van der Waals surface area contributed by atoms with Gasteiger partial charge in [-0.25, -0.2) is 27.0 Å². The van der Waals surface area contributed by atoms with Crippen LogP contribution in [0.3, 0.4) is 0 Å². The molecule has 0 bridgehead atoms. The number of nitrogens with zero attached hydrogens (tertiary/aromatic N) is 2. The quantitative estimate of drug-likeness (QED) is 0.318. The first-order chi connectivity index (χ1) is 14.7. The highest BCUT2D eigenvalue weighted by atomic mass is 32.2. The van der Waals surface area contributed by atoms with Crippen LogP contribution in [0.15, 0.2) is 29.4 Å². The number of rotatable bonds is 10. The molecule has 2 aromatic rings. The lowest BCUT2D eigenvalue weighted by atomic mass is 10.2. The van der Waals surface area contributed by atoms with E-state index in [1.807, 2.05) is 0 Å². The molecule has 1 aromatic heterocycles. The van der Waals surface area contributed by atoms with E-state index in [0.717, 1.165) is 17.8 Å². The Kier molecular flexibility index (Phi) is 7.31. The summed E-state index contributed by atoms with van der Waals surface area (Å²) in [5.74, 6) is -2.68. The Labute approximate surface area is 182 Å². The fourth-order valence-electron chi connectivity index (χ4n) is 2.48. The molecule has 1 atom stereocenters. The molecular weight excluding hydrogens is 452 g/mol. The number of anilines is 1. The molecule has 0 amide bonds. The number of ether oxygens (including phenoxy) is 2. The monoisotopic (exact) mass is 473 g/mol. The van der Waals surface area contributed by atoms with Crippen molar-refractivity contribution < 1.29 is 31.5 Å². The topological polar surface area (TPSA) is 107 Å². The van der Waals surface area contributed by atoms with Crippen LogP contribution in [0.2, 0.25) is 0 Å². The maximum absolute atomic E-state index is 13.9. The van der Waals surface area contributed by atoms with E-state index in [4.69, 9.17) is 9.47 Å². The molecule has 0 aliphatic heterocycles. The largest absolute Gasteiger partial charge is 0.463 e. The molecule has 12 heteroatoms. The number of aromatic nitrogens is 2. The van der Waals surface area contributed by atoms with Gasteiger partial charge in [-0.2, -0.15) is 4.98 Å². The van der Waals surface area contributed by atoms with E-state index in [-0.39, 0.29) is 34.8 Å². The number of hydrogen-bond donors (Lipinski definition) is 1. The van der Waals surface area contributed by atoms with Gasteiger partial charge in [-0.1, -0.05) is 23.9 Å². The number of esters is 1. The number of halogens is 2. The summed E-state index contributed by atoms with van der Waals surface area (Å²) in [5.41, 5.74) is 0.0972. The Hall–Kier alpha value is -2.47. The van der Waals surface area contributed by atoms with Crippen molar-refractivity contribution in [1.82, 2.24) is 9.97 Å². The summed E-state index contributed by atoms with van der Waals surface area (Å²) in [7, 11) is -3.61. The molecule has 1 aliphatic carbocycles. The van der Waals surface area contributed by atoms with Crippen LogP contribution in [0.4, 0.5) is 14.6 Å². The molecule has 3 rings (SSSR count). The summed E-state index contributed by atoms with van der Waals surface area (Å²) in [4.78, 5) is 20.1. The molecule has 0 saturated heterocycles. The van der Waals surface area contributed by atoms with Gasteiger partial charge >= 0.3 is 5.97 Å². The van der Waals surface area contributed by atoms with Gasteiger partial charge in [-0.15, -0.1) is 0 Å². The summed E-state index contributed by atoms with van der Waals surface area (Å²) >= 11 is 0.961. The minimum atomic E-state index is -3.61. The standard InChI is InChI=1S/C19H21F2N3O5S2/c1-3-28-18(25)11(2)29-16-9-15(24-31(26,27)13-7-8-13)22-19(23-16)30-10-12-5-4-6-14(20)17(12)21/h4-6,9,11,13H,3,7-8,10H2,1-2H3,(H,22,23,24)/t11-/m1/s1. The Morgan fingerprint density at radius 3 is 2.74 bits per heavy atom. The third-order valence-electron chi connectivity index (χ3n) is 4.20. The molecule has 1 saturated carbocycles. The van der Waals surface area contributed by atoms with Gasteiger partial charge in [0.25, 0.3) is 0 Å². The number of hydrogen-bond acceptors (Lipinski definition) is 8. The van der Waals surface area contributed by atoms with Crippen molar-refractivity contribution in [3.05, 3.63) is 41.5 Å². The maximum atomic E-state index is 13.9. The normalized spacial score (nSPS) is 14.7. The maximum Gasteiger partial charge on any atom is 0.347 e. The Balaban J connectivity index is 1.83. The minimum absolute atomic E-state index is 0.00467. The summed E-state index contributed by atoms with van der Waals surface area (Å²) in [6, 6.07) is 5.06. The number of carbonyl (C=O) groups is 1.